The first-order chi connectivity index (χ1) is 9.08. The average Bonchev–Trinajstić information content (AvgIpc) is 2.37. The van der Waals surface area contributed by atoms with E-state index in [1.54, 1.807) is 13.0 Å². The molecule has 0 aromatic heterocycles. The molecule has 0 aliphatic rings. The molecule has 0 radical (unpaired) electrons. The number of carbonyl (C=O) groups is 1. The molecule has 0 atom stereocenters. The van der Waals surface area contributed by atoms with Crippen LogP contribution in [0.25, 0.3) is 0 Å². The highest BCUT2D eigenvalue weighted by Gasteiger charge is 2.09. The highest BCUT2D eigenvalue weighted by molar-refractivity contribution is 9.10. The van der Waals surface area contributed by atoms with Gasteiger partial charge in [-0.1, -0.05) is 40.2 Å². The minimum atomic E-state index is 0.00674. The topological polar surface area (TPSA) is 26.3 Å². The lowest BCUT2D eigenvalue weighted by molar-refractivity contribution is 0.101. The Bertz CT molecular complexity index is 605. The third kappa shape index (κ3) is 3.44. The summed E-state index contributed by atoms with van der Waals surface area (Å²) in [6, 6.07) is 13.5. The number of benzene rings is 2. The maximum Gasteiger partial charge on any atom is 0.163 e. The second-order valence-corrected chi connectivity index (χ2v) is 5.33. The molecule has 0 bridgehead atoms. The van der Waals surface area contributed by atoms with Crippen LogP contribution < -0.4 is 4.74 Å². The molecule has 0 saturated heterocycles. The van der Waals surface area contributed by atoms with E-state index in [0.717, 1.165) is 10.0 Å². The van der Waals surface area contributed by atoms with Crippen LogP contribution in [0.15, 0.2) is 46.9 Å². The number of carbonyl (C=O) groups excluding carboxylic acids is 1. The van der Waals surface area contributed by atoms with Crippen molar-refractivity contribution in [3.05, 3.63) is 63.6 Å². The van der Waals surface area contributed by atoms with Crippen molar-refractivity contribution >= 4 is 21.7 Å². The van der Waals surface area contributed by atoms with Crippen molar-refractivity contribution in [3.8, 4) is 5.75 Å². The van der Waals surface area contributed by atoms with Gasteiger partial charge in [0, 0.05) is 4.47 Å². The van der Waals surface area contributed by atoms with Gasteiger partial charge >= 0.3 is 0 Å². The second kappa shape index (κ2) is 6.02. The number of ketones is 1. The van der Waals surface area contributed by atoms with Gasteiger partial charge in [0.2, 0.25) is 0 Å². The van der Waals surface area contributed by atoms with Crippen molar-refractivity contribution in [2.24, 2.45) is 0 Å². The number of hydrogen-bond acceptors (Lipinski definition) is 2. The van der Waals surface area contributed by atoms with E-state index in [-0.39, 0.29) is 5.78 Å². The fraction of sp³-hybridized carbons (Fsp3) is 0.188. The van der Waals surface area contributed by atoms with Crippen LogP contribution in [0, 0.1) is 6.92 Å². The zero-order valence-corrected chi connectivity index (χ0v) is 12.5. The average molecular weight is 319 g/mol. The third-order valence-corrected chi connectivity index (χ3v) is 3.46. The molecule has 3 heteroatoms. The summed E-state index contributed by atoms with van der Waals surface area (Å²) in [5, 5.41) is 0. The smallest absolute Gasteiger partial charge is 0.163 e. The number of rotatable bonds is 4. The summed E-state index contributed by atoms with van der Waals surface area (Å²) in [4.78, 5) is 11.6. The molecule has 0 N–H and O–H groups in total. The summed E-state index contributed by atoms with van der Waals surface area (Å²) in [5.41, 5.74) is 2.91. The molecule has 19 heavy (non-hydrogen) atoms. The van der Waals surface area contributed by atoms with E-state index in [2.05, 4.69) is 15.9 Å². The van der Waals surface area contributed by atoms with E-state index >= 15 is 0 Å². The van der Waals surface area contributed by atoms with Gasteiger partial charge in [-0.2, -0.15) is 0 Å². The van der Waals surface area contributed by atoms with E-state index in [4.69, 9.17) is 4.74 Å². The highest BCUT2D eigenvalue weighted by atomic mass is 79.9. The van der Waals surface area contributed by atoms with Crippen molar-refractivity contribution in [1.82, 2.24) is 0 Å². The molecule has 0 unspecified atom stereocenters. The summed E-state index contributed by atoms with van der Waals surface area (Å²) >= 11 is 3.39. The minimum Gasteiger partial charge on any atom is -0.488 e. The van der Waals surface area contributed by atoms with Crippen molar-refractivity contribution in [3.63, 3.8) is 0 Å². The van der Waals surface area contributed by atoms with Crippen LogP contribution in [-0.4, -0.2) is 5.78 Å². The first-order valence-corrected chi connectivity index (χ1v) is 6.85. The van der Waals surface area contributed by atoms with E-state index in [1.165, 1.54) is 5.56 Å². The molecular weight excluding hydrogens is 304 g/mol. The van der Waals surface area contributed by atoms with Gasteiger partial charge in [-0.05, 0) is 43.2 Å². The Morgan fingerprint density at radius 3 is 2.63 bits per heavy atom. The third-order valence-electron chi connectivity index (χ3n) is 2.97. The Hall–Kier alpha value is -1.61. The summed E-state index contributed by atoms with van der Waals surface area (Å²) in [7, 11) is 0. The van der Waals surface area contributed by atoms with Crippen LogP contribution in [0.1, 0.15) is 28.4 Å². The van der Waals surface area contributed by atoms with Crippen molar-refractivity contribution in [2.75, 3.05) is 0 Å². The standard InChI is InChI=1S/C16H15BrO2/c1-11-5-3-4-6-13(11)10-19-16-9-14(17)7-8-15(16)12(2)18/h3-9H,10H2,1-2H3. The SMILES string of the molecule is CC(=O)c1ccc(Br)cc1OCc1ccccc1C. The number of halogens is 1. The first-order valence-electron chi connectivity index (χ1n) is 6.05. The van der Waals surface area contributed by atoms with Crippen molar-refractivity contribution < 1.29 is 9.53 Å². The van der Waals surface area contributed by atoms with Crippen LogP contribution >= 0.6 is 15.9 Å². The molecule has 0 saturated carbocycles. The molecule has 98 valence electrons. The summed E-state index contributed by atoms with van der Waals surface area (Å²) in [5.74, 6) is 0.623. The largest absolute Gasteiger partial charge is 0.488 e. The van der Waals surface area contributed by atoms with Crippen LogP contribution in [0.2, 0.25) is 0 Å². The summed E-state index contributed by atoms with van der Waals surface area (Å²) < 4.78 is 6.70. The maximum atomic E-state index is 11.6. The molecule has 2 nitrogen and oxygen atoms in total. The Morgan fingerprint density at radius 1 is 1.21 bits per heavy atom. The Kier molecular flexibility index (Phi) is 4.38. The Labute approximate surface area is 121 Å². The number of Topliss-reactive ketones (excluding diaryl/α,β-unsaturated/α-hetero) is 1. The number of aryl methyl sites for hydroxylation is 1. The Balaban J connectivity index is 2.22. The molecule has 0 spiro atoms. The van der Waals surface area contributed by atoms with Crippen LogP contribution in [0.5, 0.6) is 5.75 Å². The summed E-state index contributed by atoms with van der Waals surface area (Å²) in [6.07, 6.45) is 0. The molecular formula is C16H15BrO2. The molecule has 0 aliphatic heterocycles. The van der Waals surface area contributed by atoms with Gasteiger partial charge in [0.1, 0.15) is 12.4 Å². The second-order valence-electron chi connectivity index (χ2n) is 4.41. The lowest BCUT2D eigenvalue weighted by Gasteiger charge is -2.11. The number of hydrogen-bond donors (Lipinski definition) is 0. The molecule has 0 heterocycles. The Morgan fingerprint density at radius 2 is 1.95 bits per heavy atom. The van der Waals surface area contributed by atoms with Gasteiger partial charge < -0.3 is 4.74 Å². The zero-order valence-electron chi connectivity index (χ0n) is 10.9. The fourth-order valence-corrected chi connectivity index (χ4v) is 2.17. The fourth-order valence-electron chi connectivity index (χ4n) is 1.83. The van der Waals surface area contributed by atoms with Gasteiger partial charge in [-0.25, -0.2) is 0 Å². The predicted molar refractivity (Wildman–Crippen MR) is 79.7 cm³/mol. The van der Waals surface area contributed by atoms with Crippen LogP contribution in [0.4, 0.5) is 0 Å². The molecule has 0 aliphatic carbocycles. The highest BCUT2D eigenvalue weighted by Crippen LogP contribution is 2.25. The molecule has 0 amide bonds. The van der Waals surface area contributed by atoms with Crippen molar-refractivity contribution in [1.29, 1.82) is 0 Å². The normalized spacial score (nSPS) is 10.3. The van der Waals surface area contributed by atoms with E-state index in [1.807, 2.05) is 43.3 Å². The molecule has 0 fully saturated rings. The minimum absolute atomic E-state index is 0.00674. The van der Waals surface area contributed by atoms with Crippen molar-refractivity contribution in [2.45, 2.75) is 20.5 Å². The molecule has 2 rings (SSSR count). The number of ether oxygens (including phenoxy) is 1. The van der Waals surface area contributed by atoms with Gasteiger partial charge in [0.25, 0.3) is 0 Å². The quantitative estimate of drug-likeness (QED) is 0.774. The zero-order chi connectivity index (χ0) is 13.8. The first kappa shape index (κ1) is 13.8. The molecule has 2 aromatic carbocycles. The summed E-state index contributed by atoms with van der Waals surface area (Å²) in [6.45, 7) is 4.05. The van der Waals surface area contributed by atoms with Gasteiger partial charge in [-0.3, -0.25) is 4.79 Å². The van der Waals surface area contributed by atoms with Gasteiger partial charge in [0.15, 0.2) is 5.78 Å². The van der Waals surface area contributed by atoms with Crippen LogP contribution in [-0.2, 0) is 6.61 Å². The van der Waals surface area contributed by atoms with Gasteiger partial charge in [0.05, 0.1) is 5.56 Å². The van der Waals surface area contributed by atoms with E-state index in [9.17, 15) is 4.79 Å². The monoisotopic (exact) mass is 318 g/mol. The van der Waals surface area contributed by atoms with Crippen LogP contribution in [0.3, 0.4) is 0 Å². The maximum absolute atomic E-state index is 11.6. The van der Waals surface area contributed by atoms with Gasteiger partial charge in [-0.15, -0.1) is 0 Å². The lowest BCUT2D eigenvalue weighted by atomic mass is 10.1. The molecule has 2 aromatic rings. The van der Waals surface area contributed by atoms with E-state index in [0.29, 0.717) is 17.9 Å². The van der Waals surface area contributed by atoms with E-state index < -0.39 is 0 Å². The lowest BCUT2D eigenvalue weighted by Crippen LogP contribution is -2.02. The predicted octanol–water partition coefficient (Wildman–Crippen LogP) is 4.54.